The SMILES string of the molecule is CCOCCCNC(=S)N1CCC(COC)C1. The highest BCUT2D eigenvalue weighted by atomic mass is 32.1. The van der Waals surface area contributed by atoms with Crippen LogP contribution in [-0.4, -0.2) is 56.6 Å². The highest BCUT2D eigenvalue weighted by Gasteiger charge is 2.23. The lowest BCUT2D eigenvalue weighted by Crippen LogP contribution is -2.39. The molecule has 4 nitrogen and oxygen atoms in total. The van der Waals surface area contributed by atoms with E-state index in [4.69, 9.17) is 21.7 Å². The second-order valence-corrected chi connectivity index (χ2v) is 4.73. The van der Waals surface area contributed by atoms with Crippen molar-refractivity contribution in [1.82, 2.24) is 10.2 Å². The van der Waals surface area contributed by atoms with Gasteiger partial charge in [-0.15, -0.1) is 0 Å². The number of ether oxygens (including phenoxy) is 2. The van der Waals surface area contributed by atoms with E-state index in [0.29, 0.717) is 5.92 Å². The molecular formula is C12H24N2O2S. The lowest BCUT2D eigenvalue weighted by Gasteiger charge is -2.20. The molecule has 0 aromatic rings. The van der Waals surface area contributed by atoms with Crippen LogP contribution >= 0.6 is 12.2 Å². The number of nitrogens with one attached hydrogen (secondary N) is 1. The number of thiocarbonyl (C=S) groups is 1. The van der Waals surface area contributed by atoms with Crippen LogP contribution in [0, 0.1) is 5.92 Å². The van der Waals surface area contributed by atoms with E-state index in [2.05, 4.69) is 10.2 Å². The van der Waals surface area contributed by atoms with E-state index in [1.165, 1.54) is 6.42 Å². The van der Waals surface area contributed by atoms with E-state index in [0.717, 1.165) is 51.0 Å². The Morgan fingerprint density at radius 1 is 1.53 bits per heavy atom. The van der Waals surface area contributed by atoms with Crippen LogP contribution in [0.25, 0.3) is 0 Å². The van der Waals surface area contributed by atoms with Crippen LogP contribution in [0.5, 0.6) is 0 Å². The van der Waals surface area contributed by atoms with Gasteiger partial charge in [0.25, 0.3) is 0 Å². The number of hydrogen-bond donors (Lipinski definition) is 1. The average Bonchev–Trinajstić information content (AvgIpc) is 2.78. The second kappa shape index (κ2) is 8.66. The van der Waals surface area contributed by atoms with E-state index in [9.17, 15) is 0 Å². The second-order valence-electron chi connectivity index (χ2n) is 4.34. The minimum Gasteiger partial charge on any atom is -0.384 e. The first-order chi connectivity index (χ1) is 8.27. The van der Waals surface area contributed by atoms with Gasteiger partial charge in [-0.3, -0.25) is 0 Å². The minimum absolute atomic E-state index is 0.628. The fourth-order valence-electron chi connectivity index (χ4n) is 2.01. The van der Waals surface area contributed by atoms with Crippen molar-refractivity contribution in [2.75, 3.05) is 46.6 Å². The lowest BCUT2D eigenvalue weighted by atomic mass is 10.1. The summed E-state index contributed by atoms with van der Waals surface area (Å²) in [6, 6.07) is 0. The molecular weight excluding hydrogens is 236 g/mol. The summed E-state index contributed by atoms with van der Waals surface area (Å²) in [6.07, 6.45) is 2.18. The summed E-state index contributed by atoms with van der Waals surface area (Å²) in [7, 11) is 1.76. The van der Waals surface area contributed by atoms with Crippen molar-refractivity contribution in [2.24, 2.45) is 5.92 Å². The zero-order chi connectivity index (χ0) is 12.5. The molecule has 100 valence electrons. The minimum atomic E-state index is 0.628. The highest BCUT2D eigenvalue weighted by molar-refractivity contribution is 7.80. The predicted molar refractivity (Wildman–Crippen MR) is 73.3 cm³/mol. The maximum absolute atomic E-state index is 5.36. The van der Waals surface area contributed by atoms with E-state index < -0.39 is 0 Å². The van der Waals surface area contributed by atoms with Crippen molar-refractivity contribution in [2.45, 2.75) is 19.8 Å². The summed E-state index contributed by atoms with van der Waals surface area (Å²) >= 11 is 5.36. The molecule has 17 heavy (non-hydrogen) atoms. The molecule has 0 radical (unpaired) electrons. The largest absolute Gasteiger partial charge is 0.384 e. The quantitative estimate of drug-likeness (QED) is 0.550. The zero-order valence-electron chi connectivity index (χ0n) is 10.9. The van der Waals surface area contributed by atoms with E-state index in [1.807, 2.05) is 6.92 Å². The van der Waals surface area contributed by atoms with Crippen LogP contribution in [0.1, 0.15) is 19.8 Å². The number of nitrogens with zero attached hydrogens (tertiary/aromatic N) is 1. The van der Waals surface area contributed by atoms with E-state index in [1.54, 1.807) is 7.11 Å². The van der Waals surface area contributed by atoms with Crippen LogP contribution in [0.15, 0.2) is 0 Å². The zero-order valence-corrected chi connectivity index (χ0v) is 11.7. The summed E-state index contributed by atoms with van der Waals surface area (Å²) in [5, 5.41) is 4.16. The molecule has 1 fully saturated rings. The normalized spacial score (nSPS) is 19.6. The Balaban J connectivity index is 2.08. The predicted octanol–water partition coefficient (Wildman–Crippen LogP) is 1.26. The third-order valence-corrected chi connectivity index (χ3v) is 3.32. The summed E-state index contributed by atoms with van der Waals surface area (Å²) in [5.74, 6) is 0.628. The van der Waals surface area contributed by atoms with Crippen LogP contribution in [0.4, 0.5) is 0 Å². The number of rotatable bonds is 7. The van der Waals surface area contributed by atoms with Gasteiger partial charge >= 0.3 is 0 Å². The molecule has 5 heteroatoms. The fraction of sp³-hybridized carbons (Fsp3) is 0.917. The van der Waals surface area contributed by atoms with E-state index >= 15 is 0 Å². The molecule has 0 spiro atoms. The van der Waals surface area contributed by atoms with E-state index in [-0.39, 0.29) is 0 Å². The Morgan fingerprint density at radius 2 is 2.35 bits per heavy atom. The maximum atomic E-state index is 5.36. The van der Waals surface area contributed by atoms with Gasteiger partial charge < -0.3 is 19.7 Å². The molecule has 0 aromatic carbocycles. The van der Waals surface area contributed by atoms with Crippen molar-refractivity contribution >= 4 is 17.3 Å². The molecule has 1 aliphatic rings. The van der Waals surface area contributed by atoms with Crippen LogP contribution in [-0.2, 0) is 9.47 Å². The summed E-state index contributed by atoms with van der Waals surface area (Å²) in [6.45, 7) is 7.40. The molecule has 1 unspecified atom stereocenters. The topological polar surface area (TPSA) is 33.7 Å². The summed E-state index contributed by atoms with van der Waals surface area (Å²) in [5.41, 5.74) is 0. The van der Waals surface area contributed by atoms with Crippen molar-refractivity contribution in [3.8, 4) is 0 Å². The van der Waals surface area contributed by atoms with Gasteiger partial charge in [0.1, 0.15) is 0 Å². The third kappa shape index (κ3) is 5.66. The Morgan fingerprint density at radius 3 is 3.06 bits per heavy atom. The first kappa shape index (κ1) is 14.7. The van der Waals surface area contributed by atoms with Gasteiger partial charge in [0.15, 0.2) is 5.11 Å². The number of hydrogen-bond acceptors (Lipinski definition) is 3. The van der Waals surface area contributed by atoms with Gasteiger partial charge in [-0.1, -0.05) is 0 Å². The molecule has 0 bridgehead atoms. The van der Waals surface area contributed by atoms with Crippen LogP contribution in [0.2, 0.25) is 0 Å². The van der Waals surface area contributed by atoms with Gasteiger partial charge in [0, 0.05) is 45.9 Å². The average molecular weight is 260 g/mol. The van der Waals surface area contributed by atoms with Gasteiger partial charge in [-0.25, -0.2) is 0 Å². The third-order valence-electron chi connectivity index (χ3n) is 2.92. The van der Waals surface area contributed by atoms with Crippen molar-refractivity contribution in [1.29, 1.82) is 0 Å². The summed E-state index contributed by atoms with van der Waals surface area (Å²) in [4.78, 5) is 2.24. The standard InChI is InChI=1S/C12H24N2O2S/c1-3-16-8-4-6-13-12(17)14-7-5-11(9-14)10-15-2/h11H,3-10H2,1-2H3,(H,13,17). The van der Waals surface area contributed by atoms with Crippen molar-refractivity contribution in [3.05, 3.63) is 0 Å². The fourth-order valence-corrected chi connectivity index (χ4v) is 2.28. The molecule has 1 heterocycles. The Hall–Kier alpha value is -0.390. The monoisotopic (exact) mass is 260 g/mol. The number of likely N-dealkylation sites (tertiary alicyclic amines) is 1. The Kier molecular flexibility index (Phi) is 7.48. The maximum Gasteiger partial charge on any atom is 0.168 e. The highest BCUT2D eigenvalue weighted by Crippen LogP contribution is 2.16. The molecule has 0 amide bonds. The van der Waals surface area contributed by atoms with Gasteiger partial charge in [0.2, 0.25) is 0 Å². The van der Waals surface area contributed by atoms with Gasteiger partial charge in [0.05, 0.1) is 6.61 Å². The molecule has 0 saturated carbocycles. The smallest absolute Gasteiger partial charge is 0.168 e. The molecule has 1 saturated heterocycles. The van der Waals surface area contributed by atoms with Crippen LogP contribution < -0.4 is 5.32 Å². The Bertz CT molecular complexity index is 227. The Labute approximate surface area is 110 Å². The molecule has 1 aliphatic heterocycles. The molecule has 1 N–H and O–H groups in total. The first-order valence-corrected chi connectivity index (χ1v) is 6.78. The van der Waals surface area contributed by atoms with Gasteiger partial charge in [-0.2, -0.15) is 0 Å². The molecule has 0 aliphatic carbocycles. The van der Waals surface area contributed by atoms with Crippen molar-refractivity contribution in [3.63, 3.8) is 0 Å². The molecule has 1 rings (SSSR count). The van der Waals surface area contributed by atoms with Crippen molar-refractivity contribution < 1.29 is 9.47 Å². The summed E-state index contributed by atoms with van der Waals surface area (Å²) < 4.78 is 10.4. The first-order valence-electron chi connectivity index (χ1n) is 6.37. The number of methoxy groups -OCH3 is 1. The van der Waals surface area contributed by atoms with Gasteiger partial charge in [-0.05, 0) is 32.0 Å². The lowest BCUT2D eigenvalue weighted by molar-refractivity contribution is 0.145. The molecule has 1 atom stereocenters. The molecule has 0 aromatic heterocycles. The van der Waals surface area contributed by atoms with Crippen LogP contribution in [0.3, 0.4) is 0 Å².